The summed E-state index contributed by atoms with van der Waals surface area (Å²) in [6, 6.07) is 7.18. The molecule has 0 unspecified atom stereocenters. The van der Waals surface area contributed by atoms with E-state index in [0.29, 0.717) is 22.5 Å². The molecule has 0 saturated heterocycles. The lowest BCUT2D eigenvalue weighted by atomic mass is 10.1. The van der Waals surface area contributed by atoms with Gasteiger partial charge in [-0.3, -0.25) is 0 Å². The molecule has 0 aliphatic rings. The van der Waals surface area contributed by atoms with Crippen LogP contribution in [0.4, 0.5) is 11.4 Å². The summed E-state index contributed by atoms with van der Waals surface area (Å²) in [6.07, 6.45) is 0. The molecule has 0 heterocycles. The van der Waals surface area contributed by atoms with Gasteiger partial charge in [-0.25, -0.2) is 9.59 Å². The Balaban J connectivity index is 2.33. The number of benzene rings is 2. The summed E-state index contributed by atoms with van der Waals surface area (Å²) in [7, 11) is 4.05. The Morgan fingerprint density at radius 2 is 1.33 bits per heavy atom. The Hall–Kier alpha value is -2.32. The molecule has 144 valence electrons. The Labute approximate surface area is 166 Å². The fraction of sp³-hybridized carbons (Fsp3) is 0.263. The van der Waals surface area contributed by atoms with E-state index in [4.69, 9.17) is 20.9 Å². The highest BCUT2D eigenvalue weighted by Crippen LogP contribution is 2.44. The summed E-state index contributed by atoms with van der Waals surface area (Å²) < 4.78 is 9.85. The van der Waals surface area contributed by atoms with Gasteiger partial charge in [0.2, 0.25) is 0 Å². The zero-order valence-corrected chi connectivity index (χ0v) is 17.3. The second-order valence-electron chi connectivity index (χ2n) is 5.83. The predicted molar refractivity (Wildman–Crippen MR) is 110 cm³/mol. The van der Waals surface area contributed by atoms with E-state index >= 15 is 0 Å². The fourth-order valence-corrected chi connectivity index (χ4v) is 4.83. The van der Waals surface area contributed by atoms with Crippen LogP contribution in [0.15, 0.2) is 34.1 Å². The number of rotatable bonds is 6. The van der Waals surface area contributed by atoms with Crippen LogP contribution in [-0.2, 0) is 9.47 Å². The highest BCUT2D eigenvalue weighted by molar-refractivity contribution is 8.76. The molecule has 0 fully saturated rings. The van der Waals surface area contributed by atoms with E-state index in [1.54, 1.807) is 19.1 Å². The summed E-state index contributed by atoms with van der Waals surface area (Å²) in [6.45, 7) is 5.78. The molecule has 0 aromatic heterocycles. The van der Waals surface area contributed by atoms with Crippen LogP contribution in [0.1, 0.15) is 38.8 Å². The highest BCUT2D eigenvalue weighted by Gasteiger charge is 2.18. The van der Waals surface area contributed by atoms with Crippen molar-refractivity contribution < 1.29 is 19.1 Å². The Kier molecular flexibility index (Phi) is 7.04. The monoisotopic (exact) mass is 406 g/mol. The van der Waals surface area contributed by atoms with Crippen LogP contribution in [0.2, 0.25) is 0 Å². The first-order chi connectivity index (χ1) is 12.8. The third kappa shape index (κ3) is 4.90. The van der Waals surface area contributed by atoms with Gasteiger partial charge in [-0.15, -0.1) is 0 Å². The van der Waals surface area contributed by atoms with Crippen molar-refractivity contribution in [2.24, 2.45) is 0 Å². The third-order valence-electron chi connectivity index (χ3n) is 3.69. The van der Waals surface area contributed by atoms with Gasteiger partial charge in [0.15, 0.2) is 0 Å². The van der Waals surface area contributed by atoms with Gasteiger partial charge in [-0.2, -0.15) is 0 Å². The van der Waals surface area contributed by atoms with Crippen molar-refractivity contribution >= 4 is 44.9 Å². The number of ether oxygens (including phenoxy) is 2. The zero-order chi connectivity index (χ0) is 20.1. The summed E-state index contributed by atoms with van der Waals surface area (Å²) in [5.74, 6) is -0.934. The number of esters is 2. The van der Waals surface area contributed by atoms with E-state index in [0.717, 1.165) is 20.9 Å². The first-order valence-corrected chi connectivity index (χ1v) is 10.3. The average Bonchev–Trinajstić information content (AvgIpc) is 2.63. The second-order valence-corrected chi connectivity index (χ2v) is 8.04. The third-order valence-corrected chi connectivity index (χ3v) is 6.14. The molecular formula is C19H22N2O4S2. The van der Waals surface area contributed by atoms with Gasteiger partial charge >= 0.3 is 11.9 Å². The number of methoxy groups -OCH3 is 1. The molecule has 6 nitrogen and oxygen atoms in total. The maximum Gasteiger partial charge on any atom is 0.340 e. The molecule has 0 spiro atoms. The number of carbonyl (C=O) groups excluding carboxylic acids is 2. The van der Waals surface area contributed by atoms with E-state index in [-0.39, 0.29) is 6.61 Å². The summed E-state index contributed by atoms with van der Waals surface area (Å²) in [5.41, 5.74) is 15.5. The van der Waals surface area contributed by atoms with E-state index < -0.39 is 11.9 Å². The number of anilines is 2. The number of hydrogen-bond acceptors (Lipinski definition) is 8. The van der Waals surface area contributed by atoms with E-state index in [2.05, 4.69) is 0 Å². The SMILES string of the molecule is CCOC(=O)c1cc(C)cc(SSc2cc(C)cc(C(=O)OC)c2N)c1N. The van der Waals surface area contributed by atoms with Crippen LogP contribution in [0.5, 0.6) is 0 Å². The average molecular weight is 407 g/mol. The summed E-state index contributed by atoms with van der Waals surface area (Å²) in [5, 5.41) is 0. The van der Waals surface area contributed by atoms with Gasteiger partial charge in [-0.05, 0) is 56.2 Å². The molecule has 0 atom stereocenters. The molecule has 0 bridgehead atoms. The van der Waals surface area contributed by atoms with Crippen molar-refractivity contribution in [1.82, 2.24) is 0 Å². The van der Waals surface area contributed by atoms with E-state index in [1.807, 2.05) is 26.0 Å². The minimum atomic E-state index is -0.484. The highest BCUT2D eigenvalue weighted by atomic mass is 33.1. The van der Waals surface area contributed by atoms with Crippen molar-refractivity contribution in [3.8, 4) is 0 Å². The van der Waals surface area contributed by atoms with Crippen molar-refractivity contribution in [3.05, 3.63) is 46.5 Å². The summed E-state index contributed by atoms with van der Waals surface area (Å²) >= 11 is 0. The largest absolute Gasteiger partial charge is 0.465 e. The first-order valence-electron chi connectivity index (χ1n) is 8.18. The van der Waals surface area contributed by atoms with Crippen LogP contribution < -0.4 is 11.5 Å². The number of nitrogen functional groups attached to an aromatic ring is 2. The molecule has 8 heteroatoms. The van der Waals surface area contributed by atoms with Crippen LogP contribution in [-0.4, -0.2) is 25.7 Å². The molecule has 2 aromatic carbocycles. The van der Waals surface area contributed by atoms with Gasteiger partial charge in [0.25, 0.3) is 0 Å². The smallest absolute Gasteiger partial charge is 0.340 e. The van der Waals surface area contributed by atoms with E-state index in [9.17, 15) is 9.59 Å². The van der Waals surface area contributed by atoms with E-state index in [1.165, 1.54) is 28.7 Å². The molecule has 0 radical (unpaired) electrons. The van der Waals surface area contributed by atoms with Crippen LogP contribution in [0.3, 0.4) is 0 Å². The lowest BCUT2D eigenvalue weighted by molar-refractivity contribution is 0.0526. The molecular weight excluding hydrogens is 384 g/mol. The van der Waals surface area contributed by atoms with Crippen molar-refractivity contribution in [1.29, 1.82) is 0 Å². The quantitative estimate of drug-likeness (QED) is 0.417. The zero-order valence-electron chi connectivity index (χ0n) is 15.6. The van der Waals surface area contributed by atoms with Gasteiger partial charge < -0.3 is 20.9 Å². The molecule has 4 N–H and O–H groups in total. The first kappa shape index (κ1) is 21.0. The molecule has 0 aliphatic heterocycles. The van der Waals surface area contributed by atoms with Crippen molar-refractivity contribution in [3.63, 3.8) is 0 Å². The molecule has 27 heavy (non-hydrogen) atoms. The van der Waals surface area contributed by atoms with Crippen LogP contribution >= 0.6 is 21.6 Å². The Morgan fingerprint density at radius 3 is 1.74 bits per heavy atom. The number of nitrogens with two attached hydrogens (primary N) is 2. The Morgan fingerprint density at radius 1 is 0.889 bits per heavy atom. The predicted octanol–water partition coefficient (Wildman–Crippen LogP) is 4.23. The fourth-order valence-electron chi connectivity index (χ4n) is 2.41. The van der Waals surface area contributed by atoms with Gasteiger partial charge in [-0.1, -0.05) is 21.6 Å². The van der Waals surface area contributed by atoms with Crippen LogP contribution in [0.25, 0.3) is 0 Å². The molecule has 0 saturated carbocycles. The normalized spacial score (nSPS) is 10.5. The van der Waals surface area contributed by atoms with Crippen LogP contribution in [0, 0.1) is 13.8 Å². The molecule has 2 aromatic rings. The van der Waals surface area contributed by atoms with Crippen molar-refractivity contribution in [2.75, 3.05) is 25.2 Å². The minimum absolute atomic E-state index is 0.277. The molecule has 0 amide bonds. The topological polar surface area (TPSA) is 105 Å². The minimum Gasteiger partial charge on any atom is -0.465 e. The summed E-state index contributed by atoms with van der Waals surface area (Å²) in [4.78, 5) is 25.5. The van der Waals surface area contributed by atoms with Crippen molar-refractivity contribution in [2.45, 2.75) is 30.6 Å². The maximum atomic E-state index is 12.1. The lowest BCUT2D eigenvalue weighted by Crippen LogP contribution is -2.09. The second kappa shape index (κ2) is 9.05. The van der Waals surface area contributed by atoms with Gasteiger partial charge in [0, 0.05) is 9.79 Å². The maximum absolute atomic E-state index is 12.1. The lowest BCUT2D eigenvalue weighted by Gasteiger charge is -2.13. The number of aryl methyl sites for hydroxylation is 2. The molecule has 0 aliphatic carbocycles. The number of carbonyl (C=O) groups is 2. The van der Waals surface area contributed by atoms with Gasteiger partial charge in [0.05, 0.1) is 36.2 Å². The van der Waals surface area contributed by atoms with Gasteiger partial charge in [0.1, 0.15) is 0 Å². The molecule has 2 rings (SSSR count). The Bertz CT molecular complexity index is 884. The number of hydrogen-bond donors (Lipinski definition) is 2. The standard InChI is InChI=1S/C19H22N2O4S2/c1-5-25-19(23)13-7-11(3)9-15(17(13)21)27-26-14-8-10(2)6-12(16(14)20)18(22)24-4/h6-9H,5,20-21H2,1-4H3.